The van der Waals surface area contributed by atoms with Gasteiger partial charge in [-0.3, -0.25) is 0 Å². The van der Waals surface area contributed by atoms with E-state index >= 15 is 0 Å². The highest BCUT2D eigenvalue weighted by Crippen LogP contribution is 2.49. The average Bonchev–Trinajstić information content (AvgIpc) is 2.73. The van der Waals surface area contributed by atoms with E-state index in [1.165, 1.54) is 0 Å². The zero-order valence-corrected chi connectivity index (χ0v) is 11.5. The second-order valence-electron chi connectivity index (χ2n) is 3.63. The van der Waals surface area contributed by atoms with Crippen molar-refractivity contribution < 1.29 is 14.6 Å². The summed E-state index contributed by atoms with van der Waals surface area (Å²) in [6.07, 6.45) is 0. The van der Waals surface area contributed by atoms with Crippen LogP contribution in [0, 0.1) is 0 Å². The first-order valence-corrected chi connectivity index (χ1v) is 6.40. The second-order valence-corrected chi connectivity index (χ2v) is 5.21. The molecule has 86 valence electrons. The second kappa shape index (κ2) is 3.65. The molecule has 5 heteroatoms. The van der Waals surface area contributed by atoms with Crippen LogP contribution in [0.1, 0.15) is 0 Å². The normalized spacial score (nSPS) is 11.4. The summed E-state index contributed by atoms with van der Waals surface area (Å²) in [7, 11) is 0. The number of para-hydroxylation sites is 1. The molecule has 0 aliphatic carbocycles. The Labute approximate surface area is 113 Å². The fourth-order valence-corrected chi connectivity index (χ4v) is 2.82. The van der Waals surface area contributed by atoms with E-state index < -0.39 is 0 Å². The molecule has 3 rings (SSSR count). The van der Waals surface area contributed by atoms with Crippen molar-refractivity contribution in [3.63, 3.8) is 0 Å². The highest BCUT2D eigenvalue weighted by molar-refractivity contribution is 9.13. The Morgan fingerprint density at radius 1 is 0.941 bits per heavy atom. The van der Waals surface area contributed by atoms with Crippen LogP contribution in [0.15, 0.2) is 37.6 Å². The molecule has 2 N–H and O–H groups in total. The fourth-order valence-electron chi connectivity index (χ4n) is 1.86. The third kappa shape index (κ3) is 1.39. The SMILES string of the molecule is Oc1c(Br)c(Br)c2c(oc3ccccc32)c1O. The van der Waals surface area contributed by atoms with E-state index in [2.05, 4.69) is 31.9 Å². The van der Waals surface area contributed by atoms with Crippen molar-refractivity contribution in [2.45, 2.75) is 0 Å². The quantitative estimate of drug-likeness (QED) is 0.581. The van der Waals surface area contributed by atoms with Gasteiger partial charge < -0.3 is 14.6 Å². The Bertz CT molecular complexity index is 746. The smallest absolute Gasteiger partial charge is 0.203 e. The van der Waals surface area contributed by atoms with E-state index in [-0.39, 0.29) is 17.1 Å². The molecule has 1 heterocycles. The van der Waals surface area contributed by atoms with Crippen LogP contribution in [0.2, 0.25) is 0 Å². The maximum Gasteiger partial charge on any atom is 0.203 e. The molecule has 0 amide bonds. The number of hydrogen-bond acceptors (Lipinski definition) is 3. The molecule has 0 fully saturated rings. The first-order chi connectivity index (χ1) is 8.11. The van der Waals surface area contributed by atoms with Gasteiger partial charge in [-0.15, -0.1) is 0 Å². The van der Waals surface area contributed by atoms with E-state index in [1.807, 2.05) is 24.3 Å². The molecule has 0 atom stereocenters. The minimum absolute atomic E-state index is 0.233. The number of rotatable bonds is 0. The molecule has 3 nitrogen and oxygen atoms in total. The lowest BCUT2D eigenvalue weighted by atomic mass is 10.1. The van der Waals surface area contributed by atoms with Crippen LogP contribution in [0.3, 0.4) is 0 Å². The summed E-state index contributed by atoms with van der Waals surface area (Å²) in [5.74, 6) is -0.491. The van der Waals surface area contributed by atoms with Gasteiger partial charge in [-0.05, 0) is 37.9 Å². The molecule has 2 aromatic carbocycles. The average molecular weight is 358 g/mol. The van der Waals surface area contributed by atoms with E-state index in [0.29, 0.717) is 14.5 Å². The van der Waals surface area contributed by atoms with Gasteiger partial charge in [0.1, 0.15) is 5.58 Å². The van der Waals surface area contributed by atoms with E-state index in [9.17, 15) is 10.2 Å². The van der Waals surface area contributed by atoms with E-state index in [1.54, 1.807) is 0 Å². The molecule has 3 aromatic rings. The number of benzene rings is 2. The number of halogens is 2. The number of phenolic OH excluding ortho intramolecular Hbond substituents is 2. The molecule has 17 heavy (non-hydrogen) atoms. The standard InChI is InChI=1S/C12H6Br2O3/c13-8-7-5-3-1-2-4-6(5)17-12(7)11(16)10(15)9(8)14/h1-4,15-16H. The molecule has 0 unspecified atom stereocenters. The number of hydrogen-bond donors (Lipinski definition) is 2. The predicted molar refractivity (Wildman–Crippen MR) is 72.4 cm³/mol. The predicted octanol–water partition coefficient (Wildman–Crippen LogP) is 4.52. The first kappa shape index (κ1) is 10.9. The van der Waals surface area contributed by atoms with Gasteiger partial charge >= 0.3 is 0 Å². The Hall–Kier alpha value is -1.20. The number of aromatic hydroxyl groups is 2. The van der Waals surface area contributed by atoms with Crippen molar-refractivity contribution in [1.82, 2.24) is 0 Å². The molecular formula is C12H6Br2O3. The zero-order chi connectivity index (χ0) is 12.2. The van der Waals surface area contributed by atoms with Crippen molar-refractivity contribution in [3.05, 3.63) is 33.2 Å². The van der Waals surface area contributed by atoms with Gasteiger partial charge in [-0.25, -0.2) is 0 Å². The Morgan fingerprint density at radius 2 is 1.65 bits per heavy atom. The fraction of sp³-hybridized carbons (Fsp3) is 0. The lowest BCUT2D eigenvalue weighted by Gasteiger charge is -2.04. The first-order valence-electron chi connectivity index (χ1n) is 4.81. The highest BCUT2D eigenvalue weighted by Gasteiger charge is 2.20. The third-order valence-corrected chi connectivity index (χ3v) is 4.75. The zero-order valence-electron chi connectivity index (χ0n) is 8.37. The van der Waals surface area contributed by atoms with Gasteiger partial charge in [-0.2, -0.15) is 0 Å². The van der Waals surface area contributed by atoms with Gasteiger partial charge in [0.15, 0.2) is 11.3 Å². The summed E-state index contributed by atoms with van der Waals surface area (Å²) in [6, 6.07) is 7.45. The summed E-state index contributed by atoms with van der Waals surface area (Å²) in [5, 5.41) is 21.2. The summed E-state index contributed by atoms with van der Waals surface area (Å²) in [4.78, 5) is 0. The molecule has 1 aromatic heterocycles. The Morgan fingerprint density at radius 3 is 2.41 bits per heavy atom. The molecule has 0 aliphatic rings. The van der Waals surface area contributed by atoms with E-state index in [0.717, 1.165) is 10.8 Å². The van der Waals surface area contributed by atoms with Crippen LogP contribution in [0.5, 0.6) is 11.5 Å². The Balaban J connectivity index is 2.67. The molecule has 0 radical (unpaired) electrons. The summed E-state index contributed by atoms with van der Waals surface area (Å²) in [6.45, 7) is 0. The number of fused-ring (bicyclic) bond motifs is 3. The minimum atomic E-state index is -0.258. The summed E-state index contributed by atoms with van der Waals surface area (Å²) < 4.78 is 6.61. The maximum atomic E-state index is 9.87. The van der Waals surface area contributed by atoms with Gasteiger partial charge in [-0.1, -0.05) is 18.2 Å². The van der Waals surface area contributed by atoms with Crippen LogP contribution in [0.25, 0.3) is 21.9 Å². The van der Waals surface area contributed by atoms with Crippen LogP contribution in [-0.2, 0) is 0 Å². The lowest BCUT2D eigenvalue weighted by Crippen LogP contribution is -1.77. The van der Waals surface area contributed by atoms with Crippen molar-refractivity contribution in [1.29, 1.82) is 0 Å². The minimum Gasteiger partial charge on any atom is -0.503 e. The van der Waals surface area contributed by atoms with Crippen LogP contribution in [-0.4, -0.2) is 10.2 Å². The summed E-state index contributed by atoms with van der Waals surface area (Å²) in [5.41, 5.74) is 0.940. The van der Waals surface area contributed by atoms with Gasteiger partial charge in [0.2, 0.25) is 5.75 Å². The molecule has 0 bridgehead atoms. The van der Waals surface area contributed by atoms with Crippen LogP contribution >= 0.6 is 31.9 Å². The van der Waals surface area contributed by atoms with Gasteiger partial charge in [0, 0.05) is 15.2 Å². The van der Waals surface area contributed by atoms with Gasteiger partial charge in [0.05, 0.1) is 4.47 Å². The van der Waals surface area contributed by atoms with Crippen molar-refractivity contribution in [2.75, 3.05) is 0 Å². The highest BCUT2D eigenvalue weighted by atomic mass is 79.9. The van der Waals surface area contributed by atoms with Crippen LogP contribution in [0.4, 0.5) is 0 Å². The number of phenols is 2. The molecule has 0 aliphatic heterocycles. The van der Waals surface area contributed by atoms with E-state index in [4.69, 9.17) is 4.42 Å². The van der Waals surface area contributed by atoms with Crippen molar-refractivity contribution >= 4 is 53.8 Å². The van der Waals surface area contributed by atoms with Crippen molar-refractivity contribution in [3.8, 4) is 11.5 Å². The molecular weight excluding hydrogens is 352 g/mol. The van der Waals surface area contributed by atoms with Gasteiger partial charge in [0.25, 0.3) is 0 Å². The maximum absolute atomic E-state index is 9.87. The molecule has 0 saturated heterocycles. The number of furan rings is 1. The largest absolute Gasteiger partial charge is 0.503 e. The molecule has 0 saturated carbocycles. The third-order valence-electron chi connectivity index (χ3n) is 2.65. The summed E-state index contributed by atoms with van der Waals surface area (Å²) >= 11 is 6.61. The van der Waals surface area contributed by atoms with Crippen molar-refractivity contribution in [2.24, 2.45) is 0 Å². The van der Waals surface area contributed by atoms with Crippen LogP contribution < -0.4 is 0 Å². The monoisotopic (exact) mass is 356 g/mol. The topological polar surface area (TPSA) is 53.6 Å². The molecule has 0 spiro atoms. The lowest BCUT2D eigenvalue weighted by molar-refractivity contribution is 0.399. The Kier molecular flexibility index (Phi) is 2.34.